The Balaban J connectivity index is 1.71. The summed E-state index contributed by atoms with van der Waals surface area (Å²) >= 11 is 0. The van der Waals surface area contributed by atoms with Gasteiger partial charge in [0.05, 0.1) is 18.7 Å². The Bertz CT molecular complexity index is 1250. The number of nitrogens with one attached hydrogen (secondary N) is 2. The highest BCUT2D eigenvalue weighted by molar-refractivity contribution is 6.36. The maximum absolute atomic E-state index is 13.4. The van der Waals surface area contributed by atoms with Gasteiger partial charge in [-0.15, -0.1) is 0 Å². The van der Waals surface area contributed by atoms with E-state index >= 15 is 0 Å². The van der Waals surface area contributed by atoms with E-state index in [2.05, 4.69) is 15.6 Å². The lowest BCUT2D eigenvalue weighted by Gasteiger charge is -2.15. The fraction of sp³-hybridized carbons (Fsp3) is 0.154. The van der Waals surface area contributed by atoms with Crippen molar-refractivity contribution in [1.29, 1.82) is 0 Å². The molecule has 3 aromatic rings. The van der Waals surface area contributed by atoms with Crippen LogP contribution in [0.5, 0.6) is 5.75 Å². The van der Waals surface area contributed by atoms with E-state index in [1.807, 2.05) is 25.1 Å². The Kier molecular flexibility index (Phi) is 6.68. The van der Waals surface area contributed by atoms with E-state index in [0.29, 0.717) is 29.3 Å². The minimum atomic E-state index is -0.434. The van der Waals surface area contributed by atoms with Crippen LogP contribution in [0, 0.1) is 0 Å². The SMILES string of the molecule is CCOc1cccc(NC2=C(c3ccc(NC(C)=O)cc3)C(=O)N(Cc3cccnc3)C2=O)c1. The summed E-state index contributed by atoms with van der Waals surface area (Å²) in [7, 11) is 0. The molecule has 0 atom stereocenters. The van der Waals surface area contributed by atoms with E-state index in [9.17, 15) is 14.4 Å². The third-order valence-corrected chi connectivity index (χ3v) is 5.14. The van der Waals surface area contributed by atoms with Gasteiger partial charge in [-0.3, -0.25) is 24.3 Å². The molecular weight excluding hydrogens is 432 g/mol. The number of imide groups is 1. The lowest BCUT2D eigenvalue weighted by molar-refractivity contribution is -0.137. The first-order valence-electron chi connectivity index (χ1n) is 10.8. The van der Waals surface area contributed by atoms with E-state index < -0.39 is 11.8 Å². The molecule has 2 N–H and O–H groups in total. The summed E-state index contributed by atoms with van der Waals surface area (Å²) in [5.74, 6) is -0.391. The van der Waals surface area contributed by atoms with Crippen molar-refractivity contribution in [2.45, 2.75) is 20.4 Å². The van der Waals surface area contributed by atoms with Crippen LogP contribution in [0.25, 0.3) is 5.57 Å². The number of ether oxygens (including phenoxy) is 1. The smallest absolute Gasteiger partial charge is 0.278 e. The second-order valence-electron chi connectivity index (χ2n) is 7.65. The zero-order valence-electron chi connectivity index (χ0n) is 18.9. The van der Waals surface area contributed by atoms with Crippen LogP contribution in [0.2, 0.25) is 0 Å². The van der Waals surface area contributed by atoms with Crippen LogP contribution in [0.4, 0.5) is 11.4 Å². The van der Waals surface area contributed by atoms with Crippen molar-refractivity contribution in [2.24, 2.45) is 0 Å². The van der Waals surface area contributed by atoms with Gasteiger partial charge in [-0.2, -0.15) is 0 Å². The van der Waals surface area contributed by atoms with Gasteiger partial charge in [0, 0.05) is 36.8 Å². The Morgan fingerprint density at radius 1 is 1.00 bits per heavy atom. The molecule has 0 aliphatic carbocycles. The lowest BCUT2D eigenvalue weighted by Crippen LogP contribution is -2.32. The molecule has 34 heavy (non-hydrogen) atoms. The summed E-state index contributed by atoms with van der Waals surface area (Å²) in [4.78, 5) is 43.5. The average molecular weight is 457 g/mol. The molecule has 2 aromatic carbocycles. The maximum Gasteiger partial charge on any atom is 0.278 e. The highest BCUT2D eigenvalue weighted by atomic mass is 16.5. The Morgan fingerprint density at radius 2 is 1.79 bits per heavy atom. The van der Waals surface area contributed by atoms with Crippen molar-refractivity contribution >= 4 is 34.7 Å². The fourth-order valence-electron chi connectivity index (χ4n) is 3.68. The number of benzene rings is 2. The van der Waals surface area contributed by atoms with E-state index in [0.717, 1.165) is 5.56 Å². The molecular formula is C26H24N4O4. The molecule has 0 radical (unpaired) electrons. The predicted octanol–water partition coefficient (Wildman–Crippen LogP) is 3.83. The highest BCUT2D eigenvalue weighted by Gasteiger charge is 2.39. The van der Waals surface area contributed by atoms with Gasteiger partial charge >= 0.3 is 0 Å². The number of rotatable bonds is 8. The van der Waals surface area contributed by atoms with Gasteiger partial charge in [-0.1, -0.05) is 24.3 Å². The Morgan fingerprint density at radius 3 is 2.47 bits per heavy atom. The molecule has 8 nitrogen and oxygen atoms in total. The third-order valence-electron chi connectivity index (χ3n) is 5.14. The second kappa shape index (κ2) is 9.99. The number of aromatic nitrogens is 1. The first-order valence-corrected chi connectivity index (χ1v) is 10.8. The standard InChI is InChI=1S/C26H24N4O4/c1-3-34-22-8-4-7-21(14-22)29-24-23(19-9-11-20(12-10-19)28-17(2)31)25(32)30(26(24)33)16-18-6-5-13-27-15-18/h4-15,29H,3,16H2,1-2H3,(H,28,31). The van der Waals surface area contributed by atoms with Gasteiger partial charge in [0.1, 0.15) is 11.4 Å². The number of amides is 3. The minimum Gasteiger partial charge on any atom is -0.494 e. The fourth-order valence-corrected chi connectivity index (χ4v) is 3.68. The van der Waals surface area contributed by atoms with E-state index in [1.165, 1.54) is 11.8 Å². The highest BCUT2D eigenvalue weighted by Crippen LogP contribution is 2.32. The molecule has 1 aliphatic heterocycles. The summed E-state index contributed by atoms with van der Waals surface area (Å²) in [6.45, 7) is 3.92. The van der Waals surface area contributed by atoms with Crippen LogP contribution in [-0.4, -0.2) is 34.2 Å². The molecule has 0 bridgehead atoms. The van der Waals surface area contributed by atoms with Gasteiger partial charge in [0.25, 0.3) is 11.8 Å². The number of hydrogen-bond acceptors (Lipinski definition) is 6. The maximum atomic E-state index is 13.4. The van der Waals surface area contributed by atoms with E-state index in [-0.39, 0.29) is 23.7 Å². The second-order valence-corrected chi connectivity index (χ2v) is 7.65. The van der Waals surface area contributed by atoms with Gasteiger partial charge in [0.15, 0.2) is 0 Å². The number of carbonyl (C=O) groups excluding carboxylic acids is 3. The number of carbonyl (C=O) groups is 3. The molecule has 1 aromatic heterocycles. The monoisotopic (exact) mass is 456 g/mol. The van der Waals surface area contributed by atoms with Gasteiger partial charge < -0.3 is 15.4 Å². The van der Waals surface area contributed by atoms with Crippen LogP contribution >= 0.6 is 0 Å². The third kappa shape index (κ3) is 4.96. The van der Waals surface area contributed by atoms with Gasteiger partial charge in [-0.05, 0) is 48.4 Å². The number of pyridine rings is 1. The summed E-state index contributed by atoms with van der Waals surface area (Å²) in [6.07, 6.45) is 3.26. The lowest BCUT2D eigenvalue weighted by atomic mass is 10.0. The number of anilines is 2. The molecule has 0 saturated heterocycles. The zero-order chi connectivity index (χ0) is 24.1. The van der Waals surface area contributed by atoms with Crippen molar-refractivity contribution in [1.82, 2.24) is 9.88 Å². The Hall–Kier alpha value is -4.46. The van der Waals surface area contributed by atoms with Crippen molar-refractivity contribution in [2.75, 3.05) is 17.2 Å². The molecule has 172 valence electrons. The first kappa shape index (κ1) is 22.7. The minimum absolute atomic E-state index is 0.100. The normalized spacial score (nSPS) is 13.3. The topological polar surface area (TPSA) is 101 Å². The molecule has 0 saturated carbocycles. The van der Waals surface area contributed by atoms with Crippen molar-refractivity contribution in [3.05, 3.63) is 89.9 Å². The van der Waals surface area contributed by atoms with Crippen LogP contribution in [-0.2, 0) is 20.9 Å². The largest absolute Gasteiger partial charge is 0.494 e. The van der Waals surface area contributed by atoms with Crippen LogP contribution in [0.1, 0.15) is 25.0 Å². The quantitative estimate of drug-likeness (QED) is 0.500. The van der Waals surface area contributed by atoms with Gasteiger partial charge in [-0.25, -0.2) is 0 Å². The number of hydrogen-bond donors (Lipinski definition) is 2. The predicted molar refractivity (Wildman–Crippen MR) is 129 cm³/mol. The van der Waals surface area contributed by atoms with Crippen molar-refractivity contribution in [3.8, 4) is 5.75 Å². The molecule has 1 aliphatic rings. The van der Waals surface area contributed by atoms with E-state index in [1.54, 1.807) is 54.9 Å². The Labute approximate surface area is 197 Å². The van der Waals surface area contributed by atoms with Crippen molar-refractivity contribution < 1.29 is 19.1 Å². The van der Waals surface area contributed by atoms with E-state index in [4.69, 9.17) is 4.74 Å². The molecule has 3 amide bonds. The molecule has 0 unspecified atom stereocenters. The molecule has 8 heteroatoms. The van der Waals surface area contributed by atoms with Crippen LogP contribution < -0.4 is 15.4 Å². The van der Waals surface area contributed by atoms with Gasteiger partial charge in [0.2, 0.25) is 5.91 Å². The van der Waals surface area contributed by atoms with Crippen LogP contribution in [0.15, 0.2) is 78.8 Å². The molecule has 0 fully saturated rings. The summed E-state index contributed by atoms with van der Waals surface area (Å²) < 4.78 is 5.56. The zero-order valence-corrected chi connectivity index (χ0v) is 18.9. The summed E-state index contributed by atoms with van der Waals surface area (Å²) in [5, 5.41) is 5.83. The first-order chi connectivity index (χ1) is 16.5. The van der Waals surface area contributed by atoms with Crippen LogP contribution in [0.3, 0.4) is 0 Å². The number of nitrogens with zero attached hydrogens (tertiary/aromatic N) is 2. The van der Waals surface area contributed by atoms with Crippen molar-refractivity contribution in [3.63, 3.8) is 0 Å². The molecule has 2 heterocycles. The average Bonchev–Trinajstić information content (AvgIpc) is 3.05. The molecule has 0 spiro atoms. The summed E-state index contributed by atoms with van der Waals surface area (Å²) in [6, 6.07) is 17.6. The summed E-state index contributed by atoms with van der Waals surface area (Å²) in [5.41, 5.74) is 2.95. The molecule has 4 rings (SSSR count).